The van der Waals surface area contributed by atoms with Crippen molar-refractivity contribution in [2.24, 2.45) is 0 Å². The van der Waals surface area contributed by atoms with E-state index in [-0.39, 0.29) is 5.82 Å². The summed E-state index contributed by atoms with van der Waals surface area (Å²) >= 11 is 0. The number of hydrogen-bond donors (Lipinski definition) is 2. The van der Waals surface area contributed by atoms with Crippen molar-refractivity contribution in [1.82, 2.24) is 15.3 Å². The van der Waals surface area contributed by atoms with Gasteiger partial charge in [-0.3, -0.25) is 0 Å². The Morgan fingerprint density at radius 1 is 1.22 bits per heavy atom. The Morgan fingerprint density at radius 2 is 2.00 bits per heavy atom. The number of piperidine rings is 1. The monoisotopic (exact) mass is 246 g/mol. The van der Waals surface area contributed by atoms with Crippen LogP contribution in [0.3, 0.4) is 0 Å². The van der Waals surface area contributed by atoms with Crippen LogP contribution in [-0.2, 0) is 0 Å². The zero-order valence-electron chi connectivity index (χ0n) is 9.99. The second-order valence-electron chi connectivity index (χ2n) is 4.65. The van der Waals surface area contributed by atoms with Crippen molar-refractivity contribution in [1.29, 1.82) is 0 Å². The van der Waals surface area contributed by atoms with Crippen LogP contribution in [0.4, 0.5) is 10.2 Å². The molecular weight excluding hydrogens is 231 g/mol. The molecule has 1 aliphatic rings. The van der Waals surface area contributed by atoms with Crippen molar-refractivity contribution in [2.45, 2.75) is 18.8 Å². The summed E-state index contributed by atoms with van der Waals surface area (Å²) in [6.45, 7) is 1.93. The highest BCUT2D eigenvalue weighted by Crippen LogP contribution is 2.26. The Hall–Kier alpha value is -1.75. The molecular formula is C13H15FN4. The summed E-state index contributed by atoms with van der Waals surface area (Å²) in [5, 5.41) is 4.02. The van der Waals surface area contributed by atoms with Crippen LogP contribution in [0, 0.1) is 5.82 Å². The predicted octanol–water partition coefficient (Wildman–Crippen LogP) is 1.82. The Morgan fingerprint density at radius 3 is 2.78 bits per heavy atom. The number of halogens is 1. The normalized spacial score (nSPS) is 17.2. The Labute approximate surface area is 104 Å². The lowest BCUT2D eigenvalue weighted by Crippen LogP contribution is -2.27. The highest BCUT2D eigenvalue weighted by Gasteiger charge is 2.19. The third kappa shape index (κ3) is 2.01. The van der Waals surface area contributed by atoms with Crippen molar-refractivity contribution in [3.8, 4) is 0 Å². The van der Waals surface area contributed by atoms with Gasteiger partial charge in [-0.05, 0) is 38.1 Å². The summed E-state index contributed by atoms with van der Waals surface area (Å²) < 4.78 is 13.2. The van der Waals surface area contributed by atoms with Gasteiger partial charge >= 0.3 is 0 Å². The topological polar surface area (TPSA) is 63.8 Å². The maximum Gasteiger partial charge on any atom is 0.135 e. The van der Waals surface area contributed by atoms with Crippen molar-refractivity contribution in [2.75, 3.05) is 18.8 Å². The Kier molecular flexibility index (Phi) is 2.83. The van der Waals surface area contributed by atoms with E-state index >= 15 is 0 Å². The second-order valence-corrected chi connectivity index (χ2v) is 4.65. The zero-order valence-corrected chi connectivity index (χ0v) is 9.99. The van der Waals surface area contributed by atoms with E-state index in [1.54, 1.807) is 6.07 Å². The van der Waals surface area contributed by atoms with Gasteiger partial charge in [0, 0.05) is 17.4 Å². The van der Waals surface area contributed by atoms with Crippen molar-refractivity contribution >= 4 is 16.7 Å². The SMILES string of the molecule is Nc1nc(C2CCNCC2)nc2cc(F)ccc12. The number of nitrogen functional groups attached to an aromatic ring is 1. The largest absolute Gasteiger partial charge is 0.383 e. The van der Waals surface area contributed by atoms with E-state index < -0.39 is 0 Å². The standard InChI is InChI=1S/C13H15FN4/c14-9-1-2-10-11(7-9)17-13(18-12(10)15)8-3-5-16-6-4-8/h1-2,7-8,16H,3-6H2,(H2,15,17,18). The minimum Gasteiger partial charge on any atom is -0.383 e. The van der Waals surface area contributed by atoms with Crippen LogP contribution in [0.1, 0.15) is 24.6 Å². The van der Waals surface area contributed by atoms with Crippen LogP contribution < -0.4 is 11.1 Å². The third-order valence-corrected chi connectivity index (χ3v) is 3.41. The molecule has 2 aromatic rings. The highest BCUT2D eigenvalue weighted by atomic mass is 19.1. The fourth-order valence-corrected chi connectivity index (χ4v) is 2.41. The van der Waals surface area contributed by atoms with E-state index in [0.29, 0.717) is 22.6 Å². The summed E-state index contributed by atoms with van der Waals surface area (Å²) in [6, 6.07) is 4.43. The molecule has 0 unspecified atom stereocenters. The molecule has 3 N–H and O–H groups in total. The van der Waals surface area contributed by atoms with Gasteiger partial charge in [0.1, 0.15) is 17.5 Å². The van der Waals surface area contributed by atoms with Crippen LogP contribution in [0.25, 0.3) is 10.9 Å². The smallest absolute Gasteiger partial charge is 0.135 e. The zero-order chi connectivity index (χ0) is 12.5. The van der Waals surface area contributed by atoms with Crippen molar-refractivity contribution < 1.29 is 4.39 Å². The van der Waals surface area contributed by atoms with Crippen LogP contribution in [0.2, 0.25) is 0 Å². The molecule has 18 heavy (non-hydrogen) atoms. The first kappa shape index (κ1) is 11.3. The van der Waals surface area contributed by atoms with Gasteiger partial charge in [0.05, 0.1) is 5.52 Å². The second kappa shape index (κ2) is 4.49. The molecule has 0 aliphatic carbocycles. The molecule has 1 fully saturated rings. The van der Waals surface area contributed by atoms with Gasteiger partial charge in [0.2, 0.25) is 0 Å². The van der Waals surface area contributed by atoms with Crippen LogP contribution >= 0.6 is 0 Å². The van der Waals surface area contributed by atoms with E-state index in [2.05, 4.69) is 15.3 Å². The number of fused-ring (bicyclic) bond motifs is 1. The number of rotatable bonds is 1. The lowest BCUT2D eigenvalue weighted by atomic mass is 9.97. The number of nitrogens with zero attached hydrogens (tertiary/aromatic N) is 2. The molecule has 0 atom stereocenters. The molecule has 0 amide bonds. The molecule has 0 saturated carbocycles. The molecule has 1 aromatic carbocycles. The maximum atomic E-state index is 13.2. The first-order chi connectivity index (χ1) is 8.74. The fourth-order valence-electron chi connectivity index (χ4n) is 2.41. The van der Waals surface area contributed by atoms with Gasteiger partial charge in [0.25, 0.3) is 0 Å². The summed E-state index contributed by atoms with van der Waals surface area (Å²) in [5.74, 6) is 1.21. The molecule has 94 valence electrons. The molecule has 1 aliphatic heterocycles. The summed E-state index contributed by atoms with van der Waals surface area (Å²) in [5.41, 5.74) is 6.52. The molecule has 4 nitrogen and oxygen atoms in total. The van der Waals surface area contributed by atoms with Crippen LogP contribution in [0.5, 0.6) is 0 Å². The molecule has 0 spiro atoms. The maximum absolute atomic E-state index is 13.2. The number of nitrogens with two attached hydrogens (primary N) is 1. The number of aromatic nitrogens is 2. The van der Waals surface area contributed by atoms with E-state index in [0.717, 1.165) is 31.8 Å². The summed E-state index contributed by atoms with van der Waals surface area (Å²) in [4.78, 5) is 8.83. The van der Waals surface area contributed by atoms with Crippen LogP contribution in [0.15, 0.2) is 18.2 Å². The Balaban J connectivity index is 2.07. The van der Waals surface area contributed by atoms with Crippen molar-refractivity contribution in [3.63, 3.8) is 0 Å². The third-order valence-electron chi connectivity index (χ3n) is 3.41. The van der Waals surface area contributed by atoms with E-state index in [4.69, 9.17) is 5.73 Å². The highest BCUT2D eigenvalue weighted by molar-refractivity contribution is 5.87. The van der Waals surface area contributed by atoms with E-state index in [1.165, 1.54) is 12.1 Å². The summed E-state index contributed by atoms with van der Waals surface area (Å²) in [6.07, 6.45) is 2.00. The predicted molar refractivity (Wildman–Crippen MR) is 68.8 cm³/mol. The van der Waals surface area contributed by atoms with Crippen molar-refractivity contribution in [3.05, 3.63) is 29.8 Å². The number of anilines is 1. The number of benzene rings is 1. The first-order valence-corrected chi connectivity index (χ1v) is 6.17. The minimum atomic E-state index is -0.295. The van der Waals surface area contributed by atoms with Gasteiger partial charge in [-0.15, -0.1) is 0 Å². The van der Waals surface area contributed by atoms with E-state index in [1.807, 2.05) is 0 Å². The summed E-state index contributed by atoms with van der Waals surface area (Å²) in [7, 11) is 0. The molecule has 1 saturated heterocycles. The van der Waals surface area contributed by atoms with Gasteiger partial charge in [0.15, 0.2) is 0 Å². The molecule has 0 bridgehead atoms. The average molecular weight is 246 g/mol. The Bertz CT molecular complexity index is 578. The van der Waals surface area contributed by atoms with Gasteiger partial charge in [-0.25, -0.2) is 14.4 Å². The number of hydrogen-bond acceptors (Lipinski definition) is 4. The quantitative estimate of drug-likeness (QED) is 0.805. The average Bonchev–Trinajstić information content (AvgIpc) is 2.39. The minimum absolute atomic E-state index is 0.295. The molecule has 2 heterocycles. The molecule has 1 aromatic heterocycles. The van der Waals surface area contributed by atoms with Gasteiger partial charge in [-0.1, -0.05) is 0 Å². The lowest BCUT2D eigenvalue weighted by molar-refractivity contribution is 0.446. The van der Waals surface area contributed by atoms with E-state index in [9.17, 15) is 4.39 Å². The molecule has 5 heteroatoms. The lowest BCUT2D eigenvalue weighted by Gasteiger charge is -2.21. The first-order valence-electron chi connectivity index (χ1n) is 6.17. The molecule has 3 rings (SSSR count). The van der Waals surface area contributed by atoms with Crippen LogP contribution in [-0.4, -0.2) is 23.1 Å². The van der Waals surface area contributed by atoms with Gasteiger partial charge < -0.3 is 11.1 Å². The fraction of sp³-hybridized carbons (Fsp3) is 0.385. The number of nitrogens with one attached hydrogen (secondary N) is 1. The molecule has 0 radical (unpaired) electrons. The van der Waals surface area contributed by atoms with Gasteiger partial charge in [-0.2, -0.15) is 0 Å².